The van der Waals surface area contributed by atoms with Crippen molar-refractivity contribution in [2.75, 3.05) is 19.8 Å². The maximum absolute atomic E-state index is 14.8. The third-order valence-electron chi connectivity index (χ3n) is 9.35. The maximum Gasteiger partial charge on any atom is 0.310 e. The van der Waals surface area contributed by atoms with Crippen LogP contribution in [0, 0.1) is 11.8 Å². The molecule has 1 saturated carbocycles. The van der Waals surface area contributed by atoms with Gasteiger partial charge in [0.15, 0.2) is 0 Å². The topological polar surface area (TPSA) is 87.2 Å². The molecule has 1 aromatic rings. The number of hydrogen-bond donors (Lipinski definition) is 1. The number of aliphatic hydroxyl groups excluding tert-OH is 1. The molecule has 1 aromatic carbocycles. The van der Waals surface area contributed by atoms with Crippen LogP contribution in [0.1, 0.15) is 63.0 Å². The molecule has 9 heteroatoms. The van der Waals surface area contributed by atoms with Crippen molar-refractivity contribution >= 4 is 45.5 Å². The number of aliphatic hydroxyl groups is 1. The van der Waals surface area contributed by atoms with Crippen LogP contribution in [0.2, 0.25) is 0 Å². The van der Waals surface area contributed by atoms with Gasteiger partial charge in [0, 0.05) is 22.7 Å². The highest BCUT2D eigenvalue weighted by Crippen LogP contribution is 2.68. The Bertz CT molecular complexity index is 1140. The number of alkyl halides is 1. The van der Waals surface area contributed by atoms with Gasteiger partial charge in [-0.1, -0.05) is 77.7 Å². The van der Waals surface area contributed by atoms with Crippen molar-refractivity contribution in [2.45, 2.75) is 84.3 Å². The highest BCUT2D eigenvalue weighted by Gasteiger charge is 2.77. The number of benzene rings is 1. The molecule has 3 unspecified atom stereocenters. The Labute approximate surface area is 255 Å². The number of unbranched alkanes of at least 4 members (excludes halogenated alkanes) is 1. The monoisotopic (exact) mass is 644 g/mol. The molecule has 1 aliphatic carbocycles. The number of allylic oxidation sites excluding steroid dienone is 1. The third kappa shape index (κ3) is 5.42. The maximum atomic E-state index is 14.8. The molecule has 4 fully saturated rings. The summed E-state index contributed by atoms with van der Waals surface area (Å²) >= 11 is 5.43. The second-order valence-electron chi connectivity index (χ2n) is 11.7. The number of hydrogen-bond acceptors (Lipinski definition) is 6. The highest BCUT2D eigenvalue weighted by molar-refractivity contribution is 9.09. The molecule has 1 spiro atoms. The molecule has 41 heavy (non-hydrogen) atoms. The number of halogens is 1. The van der Waals surface area contributed by atoms with Gasteiger partial charge in [0.25, 0.3) is 0 Å². The van der Waals surface area contributed by atoms with E-state index in [4.69, 9.17) is 4.74 Å². The quantitative estimate of drug-likeness (QED) is 0.148. The van der Waals surface area contributed by atoms with Crippen molar-refractivity contribution in [1.82, 2.24) is 9.80 Å². The minimum atomic E-state index is -0.812. The van der Waals surface area contributed by atoms with E-state index in [0.29, 0.717) is 19.4 Å². The summed E-state index contributed by atoms with van der Waals surface area (Å²) in [6.45, 7) is 8.02. The molecule has 222 valence electrons. The van der Waals surface area contributed by atoms with Crippen LogP contribution in [0.4, 0.5) is 0 Å². The normalized spacial score (nSPS) is 31.5. The van der Waals surface area contributed by atoms with Crippen LogP contribution in [-0.4, -0.2) is 79.4 Å². The van der Waals surface area contributed by atoms with Gasteiger partial charge in [0.2, 0.25) is 11.8 Å². The van der Waals surface area contributed by atoms with Crippen molar-refractivity contribution in [3.8, 4) is 0 Å². The standard InChI is InChI=1S/C32H41BrN2O5S/c1-3-5-12-18-40-31(39)25-26-29(37)35(24(20-36)21-13-8-6-9-14-21)28(32(26)19-23(33)27(25)41-32)30(38)34(17-4-2)22-15-10-7-11-16-22/h3-4,6,8-9,13-14,22-28,36H,1-2,5,7,10-12,15-20H2/t23?,24-,25-,26+,27-,28?,32?/m1/s1. The van der Waals surface area contributed by atoms with Gasteiger partial charge >= 0.3 is 5.97 Å². The first-order chi connectivity index (χ1) is 19.9. The van der Waals surface area contributed by atoms with Gasteiger partial charge in [-0.05, 0) is 37.7 Å². The minimum Gasteiger partial charge on any atom is -0.465 e. The van der Waals surface area contributed by atoms with Crippen LogP contribution in [0.15, 0.2) is 55.6 Å². The number of thioether (sulfide) groups is 1. The molecule has 2 bridgehead atoms. The van der Waals surface area contributed by atoms with Gasteiger partial charge in [0.05, 0.1) is 35.8 Å². The fourth-order valence-electron chi connectivity index (χ4n) is 7.59. The van der Waals surface area contributed by atoms with Crippen LogP contribution in [0.25, 0.3) is 0 Å². The van der Waals surface area contributed by atoms with Crippen molar-refractivity contribution < 1.29 is 24.2 Å². The molecule has 3 saturated heterocycles. The second kappa shape index (κ2) is 13.0. The van der Waals surface area contributed by atoms with Crippen LogP contribution in [-0.2, 0) is 19.1 Å². The van der Waals surface area contributed by atoms with Crippen LogP contribution in [0.3, 0.4) is 0 Å². The molecule has 2 amide bonds. The lowest BCUT2D eigenvalue weighted by atomic mass is 9.71. The lowest BCUT2D eigenvalue weighted by molar-refractivity contribution is -0.154. The average molecular weight is 646 g/mol. The summed E-state index contributed by atoms with van der Waals surface area (Å²) in [5.41, 5.74) is 0.768. The summed E-state index contributed by atoms with van der Waals surface area (Å²) in [6, 6.07) is 7.97. The number of esters is 1. The molecular formula is C32H41BrN2O5S. The summed E-state index contributed by atoms with van der Waals surface area (Å²) in [6.07, 6.45) is 10.7. The number of carbonyl (C=O) groups is 3. The first-order valence-corrected chi connectivity index (χ1v) is 16.7. The number of rotatable bonds is 12. The van der Waals surface area contributed by atoms with Crippen molar-refractivity contribution in [1.29, 1.82) is 0 Å². The van der Waals surface area contributed by atoms with Gasteiger partial charge in [-0.2, -0.15) is 0 Å². The van der Waals surface area contributed by atoms with E-state index < -0.39 is 28.7 Å². The molecule has 5 rings (SSSR count). The Morgan fingerprint density at radius 2 is 1.93 bits per heavy atom. The van der Waals surface area contributed by atoms with Crippen molar-refractivity contribution in [2.24, 2.45) is 11.8 Å². The number of fused-ring (bicyclic) bond motifs is 1. The third-order valence-corrected chi connectivity index (χ3v) is 12.6. The van der Waals surface area contributed by atoms with E-state index in [1.807, 2.05) is 35.2 Å². The summed E-state index contributed by atoms with van der Waals surface area (Å²) in [7, 11) is 0. The number of amides is 2. The number of ether oxygens (including phenoxy) is 1. The van der Waals surface area contributed by atoms with Crippen LogP contribution >= 0.6 is 27.7 Å². The van der Waals surface area contributed by atoms with Crippen LogP contribution < -0.4 is 0 Å². The van der Waals surface area contributed by atoms with Gasteiger partial charge < -0.3 is 19.6 Å². The molecular weight excluding hydrogens is 604 g/mol. The fourth-order valence-corrected chi connectivity index (χ4v) is 11.2. The Morgan fingerprint density at radius 1 is 1.20 bits per heavy atom. The predicted molar refractivity (Wildman–Crippen MR) is 164 cm³/mol. The average Bonchev–Trinajstić information content (AvgIpc) is 3.58. The van der Waals surface area contributed by atoms with E-state index in [1.165, 1.54) is 0 Å². The van der Waals surface area contributed by atoms with E-state index in [-0.39, 0.29) is 47.1 Å². The van der Waals surface area contributed by atoms with Crippen molar-refractivity contribution in [3.05, 3.63) is 61.2 Å². The van der Waals surface area contributed by atoms with Gasteiger partial charge in [-0.15, -0.1) is 24.9 Å². The Hall–Kier alpha value is -2.10. The molecule has 3 heterocycles. The van der Waals surface area contributed by atoms with E-state index in [0.717, 1.165) is 44.1 Å². The summed E-state index contributed by atoms with van der Waals surface area (Å²) in [5, 5.41) is 10.6. The zero-order valence-corrected chi connectivity index (χ0v) is 25.9. The minimum absolute atomic E-state index is 0.0376. The van der Waals surface area contributed by atoms with Gasteiger partial charge in [-0.25, -0.2) is 0 Å². The van der Waals surface area contributed by atoms with Gasteiger partial charge in [0.1, 0.15) is 6.04 Å². The van der Waals surface area contributed by atoms with Gasteiger partial charge in [-0.3, -0.25) is 14.4 Å². The molecule has 3 aliphatic heterocycles. The highest BCUT2D eigenvalue weighted by atomic mass is 79.9. The first-order valence-electron chi connectivity index (χ1n) is 14.9. The molecule has 1 N–H and O–H groups in total. The molecule has 7 atom stereocenters. The first kappa shape index (κ1) is 30.4. The molecule has 4 aliphatic rings. The summed E-state index contributed by atoms with van der Waals surface area (Å²) in [5.74, 6) is -2.07. The van der Waals surface area contributed by atoms with E-state index in [9.17, 15) is 19.5 Å². The molecule has 0 aromatic heterocycles. The zero-order chi connectivity index (χ0) is 29.1. The number of likely N-dealkylation sites (tertiary alicyclic amines) is 1. The smallest absolute Gasteiger partial charge is 0.310 e. The Morgan fingerprint density at radius 3 is 2.59 bits per heavy atom. The van der Waals surface area contributed by atoms with Crippen LogP contribution in [0.5, 0.6) is 0 Å². The summed E-state index contributed by atoms with van der Waals surface area (Å²) in [4.78, 5) is 46.5. The summed E-state index contributed by atoms with van der Waals surface area (Å²) < 4.78 is 4.92. The van der Waals surface area contributed by atoms with E-state index in [2.05, 4.69) is 29.1 Å². The zero-order valence-electron chi connectivity index (χ0n) is 23.5. The molecule has 0 radical (unpaired) electrons. The predicted octanol–water partition coefficient (Wildman–Crippen LogP) is 5.04. The second-order valence-corrected chi connectivity index (χ2v) is 14.4. The SMILES string of the molecule is C=CCCCOC(=O)[C@H]1[C@@H]2SC3(CC2Br)C(C(=O)N(CC=C)C2CCCCC2)N([C@H](CO)c2ccccc2)C(=O)[C@H]13. The fraction of sp³-hybridized carbons (Fsp3) is 0.594. The molecule has 7 nitrogen and oxygen atoms in total. The Kier molecular flexibility index (Phi) is 9.66. The van der Waals surface area contributed by atoms with E-state index >= 15 is 0 Å². The number of carbonyl (C=O) groups excluding carboxylic acids is 3. The lowest BCUT2D eigenvalue weighted by Gasteiger charge is -2.42. The number of nitrogens with zero attached hydrogens (tertiary/aromatic N) is 2. The van der Waals surface area contributed by atoms with Crippen molar-refractivity contribution in [3.63, 3.8) is 0 Å². The largest absolute Gasteiger partial charge is 0.465 e. The Balaban J connectivity index is 1.57. The van der Waals surface area contributed by atoms with E-state index in [1.54, 1.807) is 28.8 Å². The lowest BCUT2D eigenvalue weighted by Crippen LogP contribution is -2.58.